The molecule has 0 amide bonds. The molecule has 0 bridgehead atoms. The van der Waals surface area contributed by atoms with Crippen molar-refractivity contribution in [2.75, 3.05) is 13.7 Å². The lowest BCUT2D eigenvalue weighted by Gasteiger charge is -2.14. The van der Waals surface area contributed by atoms with E-state index < -0.39 is 0 Å². The van der Waals surface area contributed by atoms with Crippen molar-refractivity contribution >= 4 is 11.6 Å². The molecule has 0 aromatic heterocycles. The number of ether oxygens (including phenoxy) is 2. The molecule has 4 heteroatoms. The van der Waals surface area contributed by atoms with Crippen LogP contribution < -0.4 is 14.8 Å². The maximum Gasteiger partial charge on any atom is 0.162 e. The van der Waals surface area contributed by atoms with E-state index in [4.69, 9.17) is 21.1 Å². The number of rotatable bonds is 6. The van der Waals surface area contributed by atoms with Crippen molar-refractivity contribution in [1.29, 1.82) is 0 Å². The zero-order chi connectivity index (χ0) is 13.7. The molecule has 19 heavy (non-hydrogen) atoms. The molecule has 0 aliphatic heterocycles. The van der Waals surface area contributed by atoms with Gasteiger partial charge in [-0.15, -0.1) is 0 Å². The SMILES string of the molecule is CCOc1cc(C[NH2+]C2CCCC2)c(Cl)cc1OC. The predicted octanol–water partition coefficient (Wildman–Crippen LogP) is 2.75. The van der Waals surface area contributed by atoms with E-state index in [9.17, 15) is 0 Å². The van der Waals surface area contributed by atoms with Gasteiger partial charge in [0.05, 0.1) is 24.8 Å². The van der Waals surface area contributed by atoms with Crippen LogP contribution in [0.1, 0.15) is 38.2 Å². The molecule has 1 aliphatic rings. The first-order valence-corrected chi connectivity index (χ1v) is 7.45. The fourth-order valence-corrected chi connectivity index (χ4v) is 2.88. The average Bonchev–Trinajstić information content (AvgIpc) is 2.92. The highest BCUT2D eigenvalue weighted by molar-refractivity contribution is 6.31. The number of nitrogens with two attached hydrogens (primary N) is 1. The van der Waals surface area contributed by atoms with Gasteiger partial charge in [-0.25, -0.2) is 0 Å². The molecule has 1 aromatic rings. The Morgan fingerprint density at radius 3 is 2.63 bits per heavy atom. The van der Waals surface area contributed by atoms with Crippen LogP contribution in [-0.4, -0.2) is 19.8 Å². The molecule has 0 radical (unpaired) electrons. The largest absolute Gasteiger partial charge is 0.493 e. The van der Waals surface area contributed by atoms with Crippen LogP contribution in [0.5, 0.6) is 11.5 Å². The summed E-state index contributed by atoms with van der Waals surface area (Å²) in [5.74, 6) is 1.49. The summed E-state index contributed by atoms with van der Waals surface area (Å²) in [5.41, 5.74) is 1.12. The van der Waals surface area contributed by atoms with Gasteiger partial charge in [-0.2, -0.15) is 0 Å². The van der Waals surface area contributed by atoms with Gasteiger partial charge in [0.2, 0.25) is 0 Å². The van der Waals surface area contributed by atoms with Crippen LogP contribution >= 0.6 is 11.6 Å². The molecule has 1 fully saturated rings. The Morgan fingerprint density at radius 1 is 1.26 bits per heavy atom. The molecule has 106 valence electrons. The van der Waals surface area contributed by atoms with Gasteiger partial charge in [0.15, 0.2) is 11.5 Å². The van der Waals surface area contributed by atoms with Crippen LogP contribution in [0, 0.1) is 0 Å². The third-order valence-electron chi connectivity index (χ3n) is 3.70. The minimum Gasteiger partial charge on any atom is -0.493 e. The van der Waals surface area contributed by atoms with Gasteiger partial charge in [0.25, 0.3) is 0 Å². The highest BCUT2D eigenvalue weighted by atomic mass is 35.5. The molecule has 0 atom stereocenters. The van der Waals surface area contributed by atoms with E-state index in [0.717, 1.165) is 28.9 Å². The second kappa shape index (κ2) is 7.01. The molecular weight excluding hydrogens is 262 g/mol. The summed E-state index contributed by atoms with van der Waals surface area (Å²) in [4.78, 5) is 0. The van der Waals surface area contributed by atoms with E-state index in [0.29, 0.717) is 12.4 Å². The smallest absolute Gasteiger partial charge is 0.162 e. The molecule has 2 N–H and O–H groups in total. The third kappa shape index (κ3) is 3.77. The van der Waals surface area contributed by atoms with E-state index in [1.165, 1.54) is 25.7 Å². The summed E-state index contributed by atoms with van der Waals surface area (Å²) in [7, 11) is 1.64. The van der Waals surface area contributed by atoms with Gasteiger partial charge in [-0.1, -0.05) is 11.6 Å². The van der Waals surface area contributed by atoms with Crippen LogP contribution in [0.2, 0.25) is 5.02 Å². The van der Waals surface area contributed by atoms with Crippen molar-refractivity contribution < 1.29 is 14.8 Å². The standard InChI is InChI=1S/C15H22ClNO2/c1-3-19-15-8-11(13(16)9-14(15)18-2)10-17-12-6-4-5-7-12/h8-9,12,17H,3-7,10H2,1-2H3/p+1. The molecule has 0 heterocycles. The molecule has 1 aromatic carbocycles. The zero-order valence-corrected chi connectivity index (χ0v) is 12.5. The number of hydrogen-bond donors (Lipinski definition) is 1. The summed E-state index contributed by atoms with van der Waals surface area (Å²) < 4.78 is 10.9. The van der Waals surface area contributed by atoms with Gasteiger partial charge in [-0.05, 0) is 38.7 Å². The maximum absolute atomic E-state index is 6.31. The molecule has 1 saturated carbocycles. The van der Waals surface area contributed by atoms with Crippen molar-refractivity contribution in [3.63, 3.8) is 0 Å². The van der Waals surface area contributed by atoms with Crippen LogP contribution in [0.15, 0.2) is 12.1 Å². The average molecular weight is 285 g/mol. The Balaban J connectivity index is 2.07. The lowest BCUT2D eigenvalue weighted by molar-refractivity contribution is -0.703. The second-order valence-corrected chi connectivity index (χ2v) is 5.42. The van der Waals surface area contributed by atoms with Gasteiger partial charge in [0.1, 0.15) is 6.54 Å². The van der Waals surface area contributed by atoms with E-state index in [1.54, 1.807) is 7.11 Å². The predicted molar refractivity (Wildman–Crippen MR) is 77.1 cm³/mol. The summed E-state index contributed by atoms with van der Waals surface area (Å²) in [6.45, 7) is 3.51. The number of halogens is 1. The van der Waals surface area contributed by atoms with Crippen molar-refractivity contribution in [1.82, 2.24) is 0 Å². The Labute approximate surface area is 120 Å². The molecule has 0 spiro atoms. The number of methoxy groups -OCH3 is 1. The van der Waals surface area contributed by atoms with E-state index in [-0.39, 0.29) is 0 Å². The minimum atomic E-state index is 0.629. The van der Waals surface area contributed by atoms with Crippen LogP contribution in [0.4, 0.5) is 0 Å². The molecule has 1 aliphatic carbocycles. The van der Waals surface area contributed by atoms with E-state index >= 15 is 0 Å². The van der Waals surface area contributed by atoms with Gasteiger partial charge < -0.3 is 14.8 Å². The van der Waals surface area contributed by atoms with Gasteiger partial charge >= 0.3 is 0 Å². The fraction of sp³-hybridized carbons (Fsp3) is 0.600. The Hall–Kier alpha value is -0.930. The van der Waals surface area contributed by atoms with E-state index in [2.05, 4.69) is 5.32 Å². The monoisotopic (exact) mass is 284 g/mol. The Kier molecular flexibility index (Phi) is 5.34. The normalized spacial score (nSPS) is 15.7. The van der Waals surface area contributed by atoms with Crippen molar-refractivity contribution in [3.05, 3.63) is 22.7 Å². The fourth-order valence-electron chi connectivity index (χ4n) is 2.65. The maximum atomic E-state index is 6.31. The topological polar surface area (TPSA) is 35.1 Å². The van der Waals surface area contributed by atoms with Crippen LogP contribution in [0.3, 0.4) is 0 Å². The zero-order valence-electron chi connectivity index (χ0n) is 11.7. The molecule has 0 saturated heterocycles. The van der Waals surface area contributed by atoms with Crippen molar-refractivity contribution in [3.8, 4) is 11.5 Å². The number of quaternary nitrogens is 1. The van der Waals surface area contributed by atoms with Crippen molar-refractivity contribution in [2.24, 2.45) is 0 Å². The van der Waals surface area contributed by atoms with Crippen molar-refractivity contribution in [2.45, 2.75) is 45.2 Å². The first kappa shape index (κ1) is 14.5. The second-order valence-electron chi connectivity index (χ2n) is 5.01. The van der Waals surface area contributed by atoms with E-state index in [1.807, 2.05) is 19.1 Å². The molecule has 0 unspecified atom stereocenters. The molecular formula is C15H23ClNO2+. The number of hydrogen-bond acceptors (Lipinski definition) is 2. The summed E-state index contributed by atoms with van der Waals surface area (Å²) in [6, 6.07) is 4.62. The highest BCUT2D eigenvalue weighted by Crippen LogP contribution is 2.33. The third-order valence-corrected chi connectivity index (χ3v) is 4.06. The quantitative estimate of drug-likeness (QED) is 0.872. The van der Waals surface area contributed by atoms with Gasteiger partial charge in [0, 0.05) is 11.6 Å². The van der Waals surface area contributed by atoms with Gasteiger partial charge in [-0.3, -0.25) is 0 Å². The number of benzene rings is 1. The molecule has 3 nitrogen and oxygen atoms in total. The van der Waals surface area contributed by atoms with Crippen LogP contribution in [0.25, 0.3) is 0 Å². The molecule has 2 rings (SSSR count). The minimum absolute atomic E-state index is 0.629. The summed E-state index contributed by atoms with van der Waals surface area (Å²) >= 11 is 6.31. The Bertz CT molecular complexity index is 417. The summed E-state index contributed by atoms with van der Waals surface area (Å²) in [5, 5.41) is 3.16. The lowest BCUT2D eigenvalue weighted by Crippen LogP contribution is -2.87. The highest BCUT2D eigenvalue weighted by Gasteiger charge is 2.19. The lowest BCUT2D eigenvalue weighted by atomic mass is 10.1. The first-order chi connectivity index (χ1) is 9.24. The van der Waals surface area contributed by atoms with Crippen LogP contribution in [-0.2, 0) is 6.54 Å². The first-order valence-electron chi connectivity index (χ1n) is 7.07. The summed E-state index contributed by atoms with van der Waals surface area (Å²) in [6.07, 6.45) is 5.38. The Morgan fingerprint density at radius 2 is 2.00 bits per heavy atom.